The Labute approximate surface area is 123 Å². The molecule has 2 aromatic carbocycles. The van der Waals surface area contributed by atoms with Gasteiger partial charge >= 0.3 is 0 Å². The number of nitrogens with one attached hydrogen (secondary N) is 1. The molecule has 0 aliphatic carbocycles. The van der Waals surface area contributed by atoms with E-state index < -0.39 is 0 Å². The van der Waals surface area contributed by atoms with Gasteiger partial charge in [-0.15, -0.1) is 0 Å². The van der Waals surface area contributed by atoms with E-state index in [4.69, 9.17) is 0 Å². The summed E-state index contributed by atoms with van der Waals surface area (Å²) >= 11 is 3.52. The van der Waals surface area contributed by atoms with Gasteiger partial charge in [0.05, 0.1) is 0 Å². The molecule has 0 heterocycles. The number of benzene rings is 2. The molecule has 0 amide bonds. The Morgan fingerprint density at radius 1 is 1.05 bits per heavy atom. The Hall–Kier alpha value is -1.48. The highest BCUT2D eigenvalue weighted by Crippen LogP contribution is 2.19. The number of halogens is 1. The average molecular weight is 319 g/mol. The van der Waals surface area contributed by atoms with E-state index in [1.54, 1.807) is 0 Å². The number of nitrogens with zero attached hydrogens (tertiary/aromatic N) is 1. The van der Waals surface area contributed by atoms with Crippen molar-refractivity contribution in [2.24, 2.45) is 0 Å². The van der Waals surface area contributed by atoms with Crippen LogP contribution in [0, 0.1) is 6.92 Å². The Morgan fingerprint density at radius 3 is 2.32 bits per heavy atom. The quantitative estimate of drug-likeness (QED) is 0.896. The van der Waals surface area contributed by atoms with Crippen LogP contribution in [0.15, 0.2) is 46.9 Å². The molecule has 0 fully saturated rings. The Balaban J connectivity index is 2.00. The summed E-state index contributed by atoms with van der Waals surface area (Å²) in [6.07, 6.45) is 0. The maximum absolute atomic E-state index is 3.52. The molecule has 0 saturated carbocycles. The van der Waals surface area contributed by atoms with Crippen molar-refractivity contribution in [3.05, 3.63) is 58.1 Å². The molecule has 2 nitrogen and oxygen atoms in total. The van der Waals surface area contributed by atoms with Crippen LogP contribution in [-0.4, -0.2) is 14.1 Å². The molecule has 0 aliphatic heterocycles. The van der Waals surface area contributed by atoms with Crippen molar-refractivity contribution in [1.82, 2.24) is 0 Å². The van der Waals surface area contributed by atoms with Gasteiger partial charge in [-0.3, -0.25) is 0 Å². The van der Waals surface area contributed by atoms with Crippen LogP contribution in [0.5, 0.6) is 0 Å². The fraction of sp³-hybridized carbons (Fsp3) is 0.250. The first-order chi connectivity index (χ1) is 9.06. The molecule has 0 atom stereocenters. The van der Waals surface area contributed by atoms with Crippen LogP contribution in [0.2, 0.25) is 0 Å². The van der Waals surface area contributed by atoms with Gasteiger partial charge in [0.15, 0.2) is 0 Å². The summed E-state index contributed by atoms with van der Waals surface area (Å²) in [5.74, 6) is 0. The van der Waals surface area contributed by atoms with Crippen LogP contribution in [-0.2, 0) is 6.54 Å². The normalized spacial score (nSPS) is 10.3. The van der Waals surface area contributed by atoms with Gasteiger partial charge in [-0.05, 0) is 48.4 Å². The zero-order valence-electron chi connectivity index (χ0n) is 11.6. The standard InChI is InChI=1S/C16H19BrN2/c1-12-10-13(4-9-16(12)17)11-18-14-5-7-15(8-6-14)19(2)3/h4-10,18H,11H2,1-3H3. The van der Waals surface area contributed by atoms with Crippen LogP contribution in [0.3, 0.4) is 0 Å². The second-order valence-electron chi connectivity index (χ2n) is 4.88. The summed E-state index contributed by atoms with van der Waals surface area (Å²) < 4.78 is 1.16. The third kappa shape index (κ3) is 3.74. The molecule has 0 radical (unpaired) electrons. The molecule has 1 N–H and O–H groups in total. The first-order valence-electron chi connectivity index (χ1n) is 6.32. The highest BCUT2D eigenvalue weighted by Gasteiger charge is 1.99. The second-order valence-corrected chi connectivity index (χ2v) is 5.73. The van der Waals surface area contributed by atoms with E-state index in [1.165, 1.54) is 16.8 Å². The molecule has 0 aliphatic rings. The lowest BCUT2D eigenvalue weighted by molar-refractivity contribution is 1.12. The molecule has 0 bridgehead atoms. The molecule has 19 heavy (non-hydrogen) atoms. The lowest BCUT2D eigenvalue weighted by Gasteiger charge is -2.13. The monoisotopic (exact) mass is 318 g/mol. The molecule has 100 valence electrons. The zero-order valence-corrected chi connectivity index (χ0v) is 13.2. The second kappa shape index (κ2) is 6.11. The number of hydrogen-bond donors (Lipinski definition) is 1. The Bertz CT molecular complexity index is 547. The fourth-order valence-corrected chi connectivity index (χ4v) is 2.14. The van der Waals surface area contributed by atoms with Gasteiger partial charge < -0.3 is 10.2 Å². The maximum Gasteiger partial charge on any atom is 0.0400 e. The molecule has 0 aromatic heterocycles. The van der Waals surface area contributed by atoms with Crippen molar-refractivity contribution in [2.75, 3.05) is 24.3 Å². The minimum absolute atomic E-state index is 0.843. The topological polar surface area (TPSA) is 15.3 Å². The van der Waals surface area contributed by atoms with Gasteiger partial charge in [-0.1, -0.05) is 28.1 Å². The van der Waals surface area contributed by atoms with Crippen molar-refractivity contribution >= 4 is 27.3 Å². The number of rotatable bonds is 4. The number of aryl methyl sites for hydroxylation is 1. The van der Waals surface area contributed by atoms with E-state index in [1.807, 2.05) is 14.1 Å². The van der Waals surface area contributed by atoms with E-state index in [0.29, 0.717) is 0 Å². The highest BCUT2D eigenvalue weighted by atomic mass is 79.9. The van der Waals surface area contributed by atoms with Crippen LogP contribution < -0.4 is 10.2 Å². The summed E-state index contributed by atoms with van der Waals surface area (Å²) in [6.45, 7) is 2.95. The third-order valence-electron chi connectivity index (χ3n) is 3.10. The first-order valence-corrected chi connectivity index (χ1v) is 7.12. The highest BCUT2D eigenvalue weighted by molar-refractivity contribution is 9.10. The minimum Gasteiger partial charge on any atom is -0.381 e. The summed E-state index contributed by atoms with van der Waals surface area (Å²) in [5.41, 5.74) is 4.91. The SMILES string of the molecule is Cc1cc(CNc2ccc(N(C)C)cc2)ccc1Br. The van der Waals surface area contributed by atoms with Crippen molar-refractivity contribution < 1.29 is 0 Å². The molecular weight excluding hydrogens is 300 g/mol. The zero-order chi connectivity index (χ0) is 13.8. The van der Waals surface area contributed by atoms with E-state index in [9.17, 15) is 0 Å². The predicted molar refractivity (Wildman–Crippen MR) is 87.0 cm³/mol. The van der Waals surface area contributed by atoms with Gasteiger partial charge in [-0.2, -0.15) is 0 Å². The van der Waals surface area contributed by atoms with Crippen LogP contribution in [0.25, 0.3) is 0 Å². The fourth-order valence-electron chi connectivity index (χ4n) is 1.90. The van der Waals surface area contributed by atoms with Gasteiger partial charge in [0.25, 0.3) is 0 Å². The summed E-state index contributed by atoms with van der Waals surface area (Å²) in [6, 6.07) is 14.9. The average Bonchev–Trinajstić information content (AvgIpc) is 2.40. The first kappa shape index (κ1) is 13.9. The Morgan fingerprint density at radius 2 is 1.74 bits per heavy atom. The molecule has 2 aromatic rings. The minimum atomic E-state index is 0.843. The molecule has 3 heteroatoms. The van der Waals surface area contributed by atoms with Gasteiger partial charge in [0.2, 0.25) is 0 Å². The molecule has 0 spiro atoms. The maximum atomic E-state index is 3.52. The van der Waals surface area contributed by atoms with Crippen molar-refractivity contribution in [2.45, 2.75) is 13.5 Å². The van der Waals surface area contributed by atoms with Crippen LogP contribution in [0.1, 0.15) is 11.1 Å². The van der Waals surface area contributed by atoms with E-state index >= 15 is 0 Å². The number of anilines is 2. The van der Waals surface area contributed by atoms with Crippen LogP contribution >= 0.6 is 15.9 Å². The van der Waals surface area contributed by atoms with Crippen molar-refractivity contribution in [3.63, 3.8) is 0 Å². The van der Waals surface area contributed by atoms with Crippen molar-refractivity contribution in [1.29, 1.82) is 0 Å². The van der Waals surface area contributed by atoms with E-state index in [0.717, 1.165) is 16.7 Å². The van der Waals surface area contributed by atoms with E-state index in [2.05, 4.69) is 75.5 Å². The predicted octanol–water partition coefficient (Wildman–Crippen LogP) is 4.44. The summed E-state index contributed by atoms with van der Waals surface area (Å²) in [5, 5.41) is 3.44. The smallest absolute Gasteiger partial charge is 0.0400 e. The largest absolute Gasteiger partial charge is 0.381 e. The van der Waals surface area contributed by atoms with Gasteiger partial charge in [0, 0.05) is 36.5 Å². The molecular formula is C16H19BrN2. The van der Waals surface area contributed by atoms with Gasteiger partial charge in [0.1, 0.15) is 0 Å². The van der Waals surface area contributed by atoms with E-state index in [-0.39, 0.29) is 0 Å². The molecule has 0 unspecified atom stereocenters. The lowest BCUT2D eigenvalue weighted by atomic mass is 10.1. The van der Waals surface area contributed by atoms with Crippen molar-refractivity contribution in [3.8, 4) is 0 Å². The number of hydrogen-bond acceptors (Lipinski definition) is 2. The lowest BCUT2D eigenvalue weighted by Crippen LogP contribution is -2.08. The van der Waals surface area contributed by atoms with Gasteiger partial charge in [-0.25, -0.2) is 0 Å². The summed E-state index contributed by atoms with van der Waals surface area (Å²) in [4.78, 5) is 2.10. The third-order valence-corrected chi connectivity index (χ3v) is 3.99. The summed E-state index contributed by atoms with van der Waals surface area (Å²) in [7, 11) is 4.10. The van der Waals surface area contributed by atoms with Crippen LogP contribution in [0.4, 0.5) is 11.4 Å². The Kier molecular flexibility index (Phi) is 4.48. The molecule has 2 rings (SSSR count). The molecule has 0 saturated heterocycles.